The predicted molar refractivity (Wildman–Crippen MR) is 83.1 cm³/mol. The third-order valence-corrected chi connectivity index (χ3v) is 2.69. The smallest absolute Gasteiger partial charge is 0.166 e. The van der Waals surface area contributed by atoms with Gasteiger partial charge in [0.1, 0.15) is 6.61 Å². The molecule has 0 aliphatic rings. The Morgan fingerprint density at radius 1 is 1.37 bits per heavy atom. The van der Waals surface area contributed by atoms with Crippen molar-refractivity contribution in [2.24, 2.45) is 0 Å². The molecule has 0 radical (unpaired) electrons. The third-order valence-electron chi connectivity index (χ3n) is 2.46. The minimum absolute atomic E-state index is 0.0549. The van der Waals surface area contributed by atoms with Gasteiger partial charge in [0.05, 0.1) is 7.11 Å². The molecular weight excluding hydrogens is 306 g/mol. The number of hydrogen-bond donors (Lipinski definition) is 1. The first-order valence-corrected chi connectivity index (χ1v) is 7.00. The lowest BCUT2D eigenvalue weighted by atomic mass is 10.1. The summed E-state index contributed by atoms with van der Waals surface area (Å²) >= 11 is 3.30. The van der Waals surface area contributed by atoms with E-state index in [-0.39, 0.29) is 5.54 Å². The molecule has 19 heavy (non-hydrogen) atoms. The van der Waals surface area contributed by atoms with E-state index in [9.17, 15) is 0 Å². The van der Waals surface area contributed by atoms with Crippen LogP contribution < -0.4 is 14.8 Å². The van der Waals surface area contributed by atoms with Crippen molar-refractivity contribution in [3.05, 3.63) is 34.8 Å². The van der Waals surface area contributed by atoms with Crippen LogP contribution in [-0.4, -0.2) is 19.3 Å². The van der Waals surface area contributed by atoms with E-state index in [1.54, 1.807) is 7.11 Å². The Morgan fingerprint density at radius 2 is 2.05 bits per heavy atom. The highest BCUT2D eigenvalue weighted by molar-refractivity contribution is 9.11. The molecule has 0 amide bonds. The summed E-state index contributed by atoms with van der Waals surface area (Å²) in [5.74, 6) is 1.50. The van der Waals surface area contributed by atoms with Crippen molar-refractivity contribution < 1.29 is 9.47 Å². The number of halogens is 1. The summed E-state index contributed by atoms with van der Waals surface area (Å²) in [6.07, 6.45) is 0. The monoisotopic (exact) mass is 327 g/mol. The van der Waals surface area contributed by atoms with Crippen molar-refractivity contribution in [3.8, 4) is 11.5 Å². The summed E-state index contributed by atoms with van der Waals surface area (Å²) in [6.45, 7) is 11.3. The number of benzene rings is 1. The van der Waals surface area contributed by atoms with Gasteiger partial charge in [-0.1, -0.05) is 34.6 Å². The van der Waals surface area contributed by atoms with Gasteiger partial charge in [-0.25, -0.2) is 0 Å². The molecule has 0 unspecified atom stereocenters. The van der Waals surface area contributed by atoms with Crippen LogP contribution in [0, 0.1) is 0 Å². The van der Waals surface area contributed by atoms with Gasteiger partial charge in [-0.15, -0.1) is 0 Å². The lowest BCUT2D eigenvalue weighted by molar-refractivity contribution is 0.318. The molecule has 3 nitrogen and oxygen atoms in total. The zero-order valence-corrected chi connectivity index (χ0v) is 13.6. The molecule has 1 rings (SSSR count). The highest BCUT2D eigenvalue weighted by Gasteiger charge is 2.14. The lowest BCUT2D eigenvalue weighted by Crippen LogP contribution is -2.35. The van der Waals surface area contributed by atoms with E-state index in [0.717, 1.165) is 28.1 Å². The van der Waals surface area contributed by atoms with Crippen LogP contribution in [0.5, 0.6) is 11.5 Å². The second-order valence-electron chi connectivity index (χ2n) is 5.36. The van der Waals surface area contributed by atoms with Crippen molar-refractivity contribution in [2.45, 2.75) is 32.9 Å². The van der Waals surface area contributed by atoms with E-state index in [1.165, 1.54) is 0 Å². The second kappa shape index (κ2) is 6.96. The van der Waals surface area contributed by atoms with Crippen molar-refractivity contribution in [3.63, 3.8) is 0 Å². The summed E-state index contributed by atoms with van der Waals surface area (Å²) in [7, 11) is 1.64. The fraction of sp³-hybridized carbons (Fsp3) is 0.467. The first-order chi connectivity index (χ1) is 8.83. The highest BCUT2D eigenvalue weighted by atomic mass is 79.9. The van der Waals surface area contributed by atoms with E-state index in [0.29, 0.717) is 6.61 Å². The Balaban J connectivity index is 2.91. The molecule has 0 saturated heterocycles. The molecule has 0 heterocycles. The molecule has 0 atom stereocenters. The zero-order valence-electron chi connectivity index (χ0n) is 12.0. The van der Waals surface area contributed by atoms with Crippen LogP contribution in [0.1, 0.15) is 26.3 Å². The summed E-state index contributed by atoms with van der Waals surface area (Å²) in [4.78, 5) is 0. The fourth-order valence-corrected chi connectivity index (χ4v) is 1.65. The normalized spacial score (nSPS) is 11.2. The quantitative estimate of drug-likeness (QED) is 0.860. The molecule has 0 spiro atoms. The molecule has 0 aliphatic heterocycles. The van der Waals surface area contributed by atoms with Crippen LogP contribution in [0.15, 0.2) is 29.3 Å². The van der Waals surface area contributed by atoms with Gasteiger partial charge >= 0.3 is 0 Å². The topological polar surface area (TPSA) is 30.5 Å². The second-order valence-corrected chi connectivity index (χ2v) is 6.48. The van der Waals surface area contributed by atoms with Crippen LogP contribution in [0.2, 0.25) is 0 Å². The maximum Gasteiger partial charge on any atom is 0.166 e. The van der Waals surface area contributed by atoms with Gasteiger partial charge < -0.3 is 14.8 Å². The van der Waals surface area contributed by atoms with Gasteiger partial charge in [0.15, 0.2) is 11.5 Å². The van der Waals surface area contributed by atoms with Crippen molar-refractivity contribution in [1.29, 1.82) is 0 Å². The Hall–Kier alpha value is -1.00. The summed E-state index contributed by atoms with van der Waals surface area (Å²) in [5, 5.41) is 3.45. The first-order valence-electron chi connectivity index (χ1n) is 6.20. The molecule has 1 aromatic rings. The van der Waals surface area contributed by atoms with E-state index >= 15 is 0 Å². The maximum atomic E-state index is 5.77. The largest absolute Gasteiger partial charge is 0.493 e. The number of rotatable bonds is 6. The predicted octanol–water partition coefficient (Wildman–Crippen LogP) is 3.87. The highest BCUT2D eigenvalue weighted by Crippen LogP contribution is 2.31. The van der Waals surface area contributed by atoms with Crippen LogP contribution in [0.25, 0.3) is 0 Å². The Kier molecular flexibility index (Phi) is 5.88. The molecule has 1 aromatic carbocycles. The number of para-hydroxylation sites is 1. The molecule has 0 bridgehead atoms. The molecule has 0 aromatic heterocycles. The fourth-order valence-electron chi connectivity index (χ4n) is 1.54. The van der Waals surface area contributed by atoms with Crippen LogP contribution in [0.4, 0.5) is 0 Å². The van der Waals surface area contributed by atoms with E-state index < -0.39 is 0 Å². The average molecular weight is 328 g/mol. The van der Waals surface area contributed by atoms with Gasteiger partial charge in [-0.3, -0.25) is 0 Å². The van der Waals surface area contributed by atoms with Gasteiger partial charge in [0.25, 0.3) is 0 Å². The first kappa shape index (κ1) is 16.1. The van der Waals surface area contributed by atoms with E-state index in [2.05, 4.69) is 48.6 Å². The minimum Gasteiger partial charge on any atom is -0.493 e. The number of ether oxygens (including phenoxy) is 2. The lowest BCUT2D eigenvalue weighted by Gasteiger charge is -2.22. The summed E-state index contributed by atoms with van der Waals surface area (Å²) in [5.41, 5.74) is 1.13. The molecule has 0 fully saturated rings. The molecule has 106 valence electrons. The number of methoxy groups -OCH3 is 1. The molecule has 4 heteroatoms. The van der Waals surface area contributed by atoms with Crippen molar-refractivity contribution in [2.75, 3.05) is 13.7 Å². The van der Waals surface area contributed by atoms with Crippen LogP contribution >= 0.6 is 15.9 Å². The Morgan fingerprint density at radius 3 is 2.58 bits per heavy atom. The number of nitrogens with one attached hydrogen (secondary N) is 1. The molecular formula is C15H22BrNO2. The Bertz CT molecular complexity index is 438. The van der Waals surface area contributed by atoms with Crippen LogP contribution in [-0.2, 0) is 6.54 Å². The SMILES string of the molecule is C=C(Br)COc1c(CNC(C)(C)C)cccc1OC. The molecule has 0 saturated carbocycles. The van der Waals surface area contributed by atoms with Gasteiger partial charge in [0, 0.05) is 22.1 Å². The van der Waals surface area contributed by atoms with Gasteiger partial charge in [0.2, 0.25) is 0 Å². The van der Waals surface area contributed by atoms with Gasteiger partial charge in [-0.2, -0.15) is 0 Å². The number of hydrogen-bond acceptors (Lipinski definition) is 3. The zero-order chi connectivity index (χ0) is 14.5. The average Bonchev–Trinajstić information content (AvgIpc) is 2.32. The van der Waals surface area contributed by atoms with E-state index in [4.69, 9.17) is 9.47 Å². The summed E-state index contributed by atoms with van der Waals surface area (Å²) < 4.78 is 11.9. The van der Waals surface area contributed by atoms with Gasteiger partial charge in [-0.05, 0) is 26.8 Å². The van der Waals surface area contributed by atoms with Crippen molar-refractivity contribution >= 4 is 15.9 Å². The third kappa shape index (κ3) is 5.66. The summed E-state index contributed by atoms with van der Waals surface area (Å²) in [6, 6.07) is 5.90. The van der Waals surface area contributed by atoms with Crippen molar-refractivity contribution in [1.82, 2.24) is 5.32 Å². The maximum absolute atomic E-state index is 5.77. The van der Waals surface area contributed by atoms with Crippen LogP contribution in [0.3, 0.4) is 0 Å². The standard InChI is InChI=1S/C15H22BrNO2/c1-11(16)10-19-14-12(9-17-15(2,3)4)7-6-8-13(14)18-5/h6-8,17H,1,9-10H2,2-5H3. The minimum atomic E-state index is 0.0549. The van der Waals surface area contributed by atoms with E-state index in [1.807, 2.05) is 18.2 Å². The molecule has 1 N–H and O–H groups in total. The Labute approximate surface area is 124 Å². The molecule has 0 aliphatic carbocycles.